The van der Waals surface area contributed by atoms with E-state index in [1.54, 1.807) is 25.7 Å². The molecule has 0 radical (unpaired) electrons. The maximum Gasteiger partial charge on any atom is 0.186 e. The van der Waals surface area contributed by atoms with E-state index in [9.17, 15) is 4.39 Å². The van der Waals surface area contributed by atoms with Crippen molar-refractivity contribution in [3.63, 3.8) is 0 Å². The third kappa shape index (κ3) is 3.44. The Balaban J connectivity index is 2.11. The Morgan fingerprint density at radius 2 is 1.84 bits per heavy atom. The van der Waals surface area contributed by atoms with Crippen LogP contribution < -0.4 is 5.32 Å². The normalized spacial score (nSPS) is 10.5. The average Bonchev–Trinajstić information content (AvgIpc) is 2.41. The summed E-state index contributed by atoms with van der Waals surface area (Å²) in [4.78, 5) is 9.49. The van der Waals surface area contributed by atoms with Crippen LogP contribution in [0, 0.1) is 19.7 Å². The van der Waals surface area contributed by atoms with Gasteiger partial charge in [-0.05, 0) is 26.0 Å². The molecule has 19 heavy (non-hydrogen) atoms. The molecule has 0 aliphatic carbocycles. The molecule has 1 aromatic heterocycles. The first-order chi connectivity index (χ1) is 9.10. The molecule has 0 amide bonds. The third-order valence-electron chi connectivity index (χ3n) is 2.69. The van der Waals surface area contributed by atoms with Crippen molar-refractivity contribution in [3.05, 3.63) is 47.2 Å². The standard InChI is InChI=1S/C14H16FN3S/c1-9-4-6-11(7-5-9)19-8-12-17-10(2)13(15)14(16-3)18-12/h4-7H,8H2,1-3H3,(H,16,17,18). The fourth-order valence-corrected chi connectivity index (χ4v) is 2.38. The first-order valence-electron chi connectivity index (χ1n) is 6.00. The summed E-state index contributed by atoms with van der Waals surface area (Å²) in [6, 6.07) is 8.26. The highest BCUT2D eigenvalue weighted by Crippen LogP contribution is 2.23. The van der Waals surface area contributed by atoms with E-state index in [2.05, 4.69) is 46.5 Å². The van der Waals surface area contributed by atoms with Gasteiger partial charge in [0.15, 0.2) is 11.6 Å². The quantitative estimate of drug-likeness (QED) is 0.867. The van der Waals surface area contributed by atoms with Gasteiger partial charge in [-0.1, -0.05) is 17.7 Å². The van der Waals surface area contributed by atoms with Gasteiger partial charge >= 0.3 is 0 Å². The van der Waals surface area contributed by atoms with Gasteiger partial charge < -0.3 is 5.32 Å². The number of hydrogen-bond donors (Lipinski definition) is 1. The van der Waals surface area contributed by atoms with E-state index in [0.29, 0.717) is 17.3 Å². The molecule has 0 saturated heterocycles. The number of aryl methyl sites for hydroxylation is 2. The molecule has 3 nitrogen and oxygen atoms in total. The predicted molar refractivity (Wildman–Crippen MR) is 77.0 cm³/mol. The van der Waals surface area contributed by atoms with Crippen molar-refractivity contribution in [2.45, 2.75) is 24.5 Å². The van der Waals surface area contributed by atoms with Crippen LogP contribution in [-0.4, -0.2) is 17.0 Å². The van der Waals surface area contributed by atoms with Crippen LogP contribution in [0.5, 0.6) is 0 Å². The van der Waals surface area contributed by atoms with E-state index in [0.717, 1.165) is 4.90 Å². The van der Waals surface area contributed by atoms with E-state index < -0.39 is 0 Å². The lowest BCUT2D eigenvalue weighted by molar-refractivity contribution is 0.603. The molecule has 2 rings (SSSR count). The van der Waals surface area contributed by atoms with Gasteiger partial charge in [0.2, 0.25) is 0 Å². The number of anilines is 1. The molecular weight excluding hydrogens is 261 g/mol. The molecule has 100 valence electrons. The van der Waals surface area contributed by atoms with Crippen LogP contribution >= 0.6 is 11.8 Å². The highest BCUT2D eigenvalue weighted by Gasteiger charge is 2.10. The lowest BCUT2D eigenvalue weighted by Gasteiger charge is -2.07. The second-order valence-electron chi connectivity index (χ2n) is 4.24. The molecule has 0 aliphatic heterocycles. The van der Waals surface area contributed by atoms with Crippen molar-refractivity contribution in [3.8, 4) is 0 Å². The number of aromatic nitrogens is 2. The maximum atomic E-state index is 13.6. The highest BCUT2D eigenvalue weighted by molar-refractivity contribution is 7.98. The number of nitrogens with zero attached hydrogens (tertiary/aromatic N) is 2. The molecule has 0 atom stereocenters. The summed E-state index contributed by atoms with van der Waals surface area (Å²) in [7, 11) is 1.65. The molecule has 2 aromatic rings. The summed E-state index contributed by atoms with van der Waals surface area (Å²) in [5.41, 5.74) is 1.61. The highest BCUT2D eigenvalue weighted by atomic mass is 32.2. The Hall–Kier alpha value is -1.62. The van der Waals surface area contributed by atoms with Gasteiger partial charge in [0.25, 0.3) is 0 Å². The Labute approximate surface area is 116 Å². The Bertz CT molecular complexity index is 570. The summed E-state index contributed by atoms with van der Waals surface area (Å²) in [6.07, 6.45) is 0. The van der Waals surface area contributed by atoms with Gasteiger partial charge in [0.05, 0.1) is 11.4 Å². The van der Waals surface area contributed by atoms with Gasteiger partial charge in [-0.3, -0.25) is 0 Å². The minimum atomic E-state index is -0.383. The zero-order valence-electron chi connectivity index (χ0n) is 11.2. The number of halogens is 1. The van der Waals surface area contributed by atoms with Crippen molar-refractivity contribution in [2.24, 2.45) is 0 Å². The fraction of sp³-hybridized carbons (Fsp3) is 0.286. The smallest absolute Gasteiger partial charge is 0.186 e. The second-order valence-corrected chi connectivity index (χ2v) is 5.29. The van der Waals surface area contributed by atoms with Crippen LogP contribution in [0.4, 0.5) is 10.2 Å². The van der Waals surface area contributed by atoms with Crippen LogP contribution in [0.3, 0.4) is 0 Å². The van der Waals surface area contributed by atoms with Gasteiger partial charge in [0, 0.05) is 11.9 Å². The van der Waals surface area contributed by atoms with Crippen LogP contribution in [0.25, 0.3) is 0 Å². The van der Waals surface area contributed by atoms with Gasteiger partial charge in [-0.15, -0.1) is 11.8 Å². The maximum absolute atomic E-state index is 13.6. The van der Waals surface area contributed by atoms with E-state index >= 15 is 0 Å². The Morgan fingerprint density at radius 1 is 1.16 bits per heavy atom. The first kappa shape index (κ1) is 13.8. The summed E-state index contributed by atoms with van der Waals surface area (Å²) in [5, 5.41) is 2.75. The van der Waals surface area contributed by atoms with Crippen molar-refractivity contribution < 1.29 is 4.39 Å². The predicted octanol–water partition coefficient (Wildman–Crippen LogP) is 3.57. The lowest BCUT2D eigenvalue weighted by atomic mass is 10.2. The molecule has 0 spiro atoms. The largest absolute Gasteiger partial charge is 0.371 e. The monoisotopic (exact) mass is 277 g/mol. The molecule has 0 fully saturated rings. The van der Waals surface area contributed by atoms with Gasteiger partial charge in [-0.25, -0.2) is 14.4 Å². The number of rotatable bonds is 4. The van der Waals surface area contributed by atoms with Crippen LogP contribution in [0.1, 0.15) is 17.1 Å². The molecule has 0 bridgehead atoms. The number of thioether (sulfide) groups is 1. The SMILES string of the molecule is CNc1nc(CSc2ccc(C)cc2)nc(C)c1F. The molecule has 0 aliphatic rings. The van der Waals surface area contributed by atoms with Gasteiger partial charge in [0.1, 0.15) is 5.82 Å². The second kappa shape index (κ2) is 6.02. The topological polar surface area (TPSA) is 37.8 Å². The average molecular weight is 277 g/mol. The van der Waals surface area contributed by atoms with Crippen LogP contribution in [0.2, 0.25) is 0 Å². The molecule has 1 aromatic carbocycles. The molecular formula is C14H16FN3S. The number of nitrogens with one attached hydrogen (secondary N) is 1. The molecule has 1 heterocycles. The van der Waals surface area contributed by atoms with E-state index in [4.69, 9.17) is 0 Å². The van der Waals surface area contributed by atoms with Crippen LogP contribution in [0.15, 0.2) is 29.2 Å². The Morgan fingerprint density at radius 3 is 2.47 bits per heavy atom. The van der Waals surface area contributed by atoms with Crippen LogP contribution in [-0.2, 0) is 5.75 Å². The minimum Gasteiger partial charge on any atom is -0.371 e. The zero-order valence-corrected chi connectivity index (χ0v) is 12.0. The van der Waals surface area contributed by atoms with Crippen molar-refractivity contribution in [1.29, 1.82) is 0 Å². The number of hydrogen-bond acceptors (Lipinski definition) is 4. The van der Waals surface area contributed by atoms with Gasteiger partial charge in [-0.2, -0.15) is 0 Å². The molecule has 1 N–H and O–H groups in total. The molecule has 0 saturated carbocycles. The number of benzene rings is 1. The summed E-state index contributed by atoms with van der Waals surface area (Å²) < 4.78 is 13.6. The third-order valence-corrected chi connectivity index (χ3v) is 3.70. The summed E-state index contributed by atoms with van der Waals surface area (Å²) >= 11 is 1.64. The van der Waals surface area contributed by atoms with E-state index in [1.807, 2.05) is 0 Å². The Kier molecular flexibility index (Phi) is 4.37. The van der Waals surface area contributed by atoms with E-state index in [-0.39, 0.29) is 11.6 Å². The molecule has 0 unspecified atom stereocenters. The van der Waals surface area contributed by atoms with Crippen molar-refractivity contribution >= 4 is 17.6 Å². The zero-order chi connectivity index (χ0) is 13.8. The fourth-order valence-electron chi connectivity index (χ4n) is 1.63. The lowest BCUT2D eigenvalue weighted by Crippen LogP contribution is -2.05. The summed E-state index contributed by atoms with van der Waals surface area (Å²) in [5.74, 6) is 1.13. The van der Waals surface area contributed by atoms with E-state index in [1.165, 1.54) is 5.56 Å². The minimum absolute atomic E-state index is 0.256. The summed E-state index contributed by atoms with van der Waals surface area (Å²) in [6.45, 7) is 3.71. The van der Waals surface area contributed by atoms with Crippen molar-refractivity contribution in [2.75, 3.05) is 12.4 Å². The first-order valence-corrected chi connectivity index (χ1v) is 6.99. The van der Waals surface area contributed by atoms with Crippen molar-refractivity contribution in [1.82, 2.24) is 9.97 Å². The molecule has 5 heteroatoms.